The van der Waals surface area contributed by atoms with E-state index >= 15 is 0 Å². The Kier molecular flexibility index (Phi) is 5.03. The summed E-state index contributed by atoms with van der Waals surface area (Å²) in [6.07, 6.45) is 1.75. The first-order valence-corrected chi connectivity index (χ1v) is 10.3. The molecule has 0 saturated heterocycles. The minimum absolute atomic E-state index is 0. The largest absolute Gasteiger partial charge is 0.453 e. The number of aromatic nitrogens is 4. The van der Waals surface area contributed by atoms with Crippen molar-refractivity contribution in [1.29, 1.82) is 0 Å². The number of hydrogen-bond donors (Lipinski definition) is 4. The molecule has 0 bridgehead atoms. The number of fused-ring (bicyclic) bond motifs is 2. The third kappa shape index (κ3) is 3.29. The van der Waals surface area contributed by atoms with E-state index in [1.807, 2.05) is 0 Å². The van der Waals surface area contributed by atoms with Crippen molar-refractivity contribution in [2.45, 2.75) is 16.2 Å². The predicted octanol–water partition coefficient (Wildman–Crippen LogP) is 3.71. The zero-order chi connectivity index (χ0) is 21.1. The van der Waals surface area contributed by atoms with Gasteiger partial charge in [0.2, 0.25) is 0 Å². The normalized spacial score (nSPS) is 17.7. The van der Waals surface area contributed by atoms with Crippen molar-refractivity contribution in [3.8, 4) is 0 Å². The molecule has 4 N–H and O–H groups in total. The number of ketones is 1. The standard InChI is InChI=1S/C20H14F2N6O2S.ClH/c21-8-3-10(22)18-11(4-8)26-20(27-18)31-15-2-1-14(30-15)16-9-5-24-28-19(9)25-12-6-23-7-13(29)17(12)16;/h1-5,16,23H,6-7H2,(H,26,27)(H2,24,25,28);1H. The molecule has 0 spiro atoms. The summed E-state index contributed by atoms with van der Waals surface area (Å²) in [5.74, 6) is -0.558. The molecule has 5 heterocycles. The summed E-state index contributed by atoms with van der Waals surface area (Å²) in [5.41, 5.74) is 2.58. The molecule has 32 heavy (non-hydrogen) atoms. The zero-order valence-electron chi connectivity index (χ0n) is 16.2. The monoisotopic (exact) mass is 476 g/mol. The van der Waals surface area contributed by atoms with Gasteiger partial charge in [-0.1, -0.05) is 0 Å². The molecule has 12 heteroatoms. The van der Waals surface area contributed by atoms with Crippen LogP contribution in [0.1, 0.15) is 17.2 Å². The van der Waals surface area contributed by atoms with E-state index in [1.54, 1.807) is 18.3 Å². The maximum atomic E-state index is 13.9. The highest BCUT2D eigenvalue weighted by molar-refractivity contribution is 7.99. The van der Waals surface area contributed by atoms with Gasteiger partial charge in [0.25, 0.3) is 0 Å². The van der Waals surface area contributed by atoms with Crippen LogP contribution in [0.15, 0.2) is 56.4 Å². The first kappa shape index (κ1) is 20.7. The summed E-state index contributed by atoms with van der Waals surface area (Å²) in [6.45, 7) is 0.793. The number of halogens is 3. The lowest BCUT2D eigenvalue weighted by atomic mass is 9.82. The molecular weight excluding hydrogens is 462 g/mol. The van der Waals surface area contributed by atoms with Gasteiger partial charge in [0, 0.05) is 41.7 Å². The van der Waals surface area contributed by atoms with E-state index in [0.29, 0.717) is 33.9 Å². The lowest BCUT2D eigenvalue weighted by Crippen LogP contribution is -2.39. The summed E-state index contributed by atoms with van der Waals surface area (Å²) in [6, 6.07) is 5.54. The van der Waals surface area contributed by atoms with Gasteiger partial charge < -0.3 is 20.0 Å². The Morgan fingerprint density at radius 1 is 1.19 bits per heavy atom. The Labute approximate surface area is 189 Å². The van der Waals surface area contributed by atoms with Crippen LogP contribution < -0.4 is 10.6 Å². The second-order valence-electron chi connectivity index (χ2n) is 7.25. The SMILES string of the molecule is Cl.O=C1CNCC2=C1C(c1ccc(Sc3nc4cc(F)cc(F)c4[nH]3)o1)c1c[nH]nc1N2. The molecule has 0 amide bonds. The van der Waals surface area contributed by atoms with Crippen LogP contribution in [0.2, 0.25) is 0 Å². The Hall–Kier alpha value is -3.15. The molecule has 0 saturated carbocycles. The van der Waals surface area contributed by atoms with Gasteiger partial charge in [-0.25, -0.2) is 13.8 Å². The Morgan fingerprint density at radius 3 is 2.94 bits per heavy atom. The first-order chi connectivity index (χ1) is 15.1. The molecule has 6 rings (SSSR count). The van der Waals surface area contributed by atoms with E-state index in [2.05, 4.69) is 30.8 Å². The fourth-order valence-electron chi connectivity index (χ4n) is 4.02. The van der Waals surface area contributed by atoms with Crippen LogP contribution in [-0.4, -0.2) is 39.0 Å². The van der Waals surface area contributed by atoms with Gasteiger partial charge in [0.1, 0.15) is 17.1 Å². The van der Waals surface area contributed by atoms with Gasteiger partial charge in [0.15, 0.2) is 27.7 Å². The van der Waals surface area contributed by atoms with Gasteiger partial charge >= 0.3 is 0 Å². The van der Waals surface area contributed by atoms with E-state index < -0.39 is 17.6 Å². The summed E-state index contributed by atoms with van der Waals surface area (Å²) >= 11 is 1.15. The van der Waals surface area contributed by atoms with Crippen LogP contribution in [0.25, 0.3) is 11.0 Å². The van der Waals surface area contributed by atoms with Crippen molar-refractivity contribution in [3.05, 3.63) is 64.7 Å². The van der Waals surface area contributed by atoms with Gasteiger partial charge in [-0.15, -0.1) is 12.4 Å². The number of aromatic amines is 2. The molecule has 8 nitrogen and oxygen atoms in total. The minimum atomic E-state index is -0.708. The van der Waals surface area contributed by atoms with Gasteiger partial charge in [-0.05, 0) is 23.9 Å². The second-order valence-corrected chi connectivity index (χ2v) is 8.24. The van der Waals surface area contributed by atoms with E-state index in [4.69, 9.17) is 4.42 Å². The topological polar surface area (TPSA) is 112 Å². The number of rotatable bonds is 3. The van der Waals surface area contributed by atoms with Crippen LogP contribution in [0.4, 0.5) is 14.6 Å². The van der Waals surface area contributed by atoms with Crippen LogP contribution in [0.5, 0.6) is 0 Å². The first-order valence-electron chi connectivity index (χ1n) is 9.47. The number of furan rings is 1. The molecule has 1 unspecified atom stereocenters. The molecule has 2 aliphatic heterocycles. The summed E-state index contributed by atoms with van der Waals surface area (Å²) in [7, 11) is 0. The molecule has 1 aromatic carbocycles. The summed E-state index contributed by atoms with van der Waals surface area (Å²) in [4.78, 5) is 19.8. The summed E-state index contributed by atoms with van der Waals surface area (Å²) < 4.78 is 33.4. The van der Waals surface area contributed by atoms with Crippen molar-refractivity contribution in [3.63, 3.8) is 0 Å². The van der Waals surface area contributed by atoms with Crippen molar-refractivity contribution < 1.29 is 18.0 Å². The third-order valence-corrected chi connectivity index (χ3v) is 6.13. The third-order valence-electron chi connectivity index (χ3n) is 5.32. The van der Waals surface area contributed by atoms with Crippen LogP contribution in [-0.2, 0) is 4.79 Å². The lowest BCUT2D eigenvalue weighted by Gasteiger charge is -2.30. The average Bonchev–Trinajstić information content (AvgIpc) is 3.46. The van der Waals surface area contributed by atoms with E-state index in [-0.39, 0.29) is 35.8 Å². The molecule has 0 aliphatic carbocycles. The Balaban J connectivity index is 0.00000216. The number of nitrogens with zero attached hydrogens (tertiary/aromatic N) is 2. The maximum absolute atomic E-state index is 13.9. The smallest absolute Gasteiger partial charge is 0.175 e. The molecule has 4 aromatic rings. The molecule has 1 atom stereocenters. The number of carbonyl (C=O) groups is 1. The van der Waals surface area contributed by atoms with E-state index in [0.717, 1.165) is 29.1 Å². The molecular formula is C20H15ClF2N6O2S. The Morgan fingerprint density at radius 2 is 2.06 bits per heavy atom. The fourth-order valence-corrected chi connectivity index (χ4v) is 4.79. The second kappa shape index (κ2) is 7.76. The highest BCUT2D eigenvalue weighted by atomic mass is 35.5. The highest BCUT2D eigenvalue weighted by Gasteiger charge is 2.38. The molecule has 3 aromatic heterocycles. The number of H-pyrrole nitrogens is 2. The molecule has 0 radical (unpaired) electrons. The van der Waals surface area contributed by atoms with Crippen LogP contribution in [0, 0.1) is 11.6 Å². The van der Waals surface area contributed by atoms with Crippen molar-refractivity contribution in [1.82, 2.24) is 25.5 Å². The number of nitrogens with one attached hydrogen (secondary N) is 4. The average molecular weight is 477 g/mol. The predicted molar refractivity (Wildman–Crippen MR) is 115 cm³/mol. The fraction of sp³-hybridized carbons (Fsp3) is 0.150. The molecule has 0 fully saturated rings. The molecule has 2 aliphatic rings. The van der Waals surface area contributed by atoms with Gasteiger partial charge in [-0.2, -0.15) is 5.10 Å². The highest BCUT2D eigenvalue weighted by Crippen LogP contribution is 2.43. The number of hydrogen-bond acceptors (Lipinski definition) is 7. The van der Waals surface area contributed by atoms with Crippen molar-refractivity contribution in [2.24, 2.45) is 0 Å². The summed E-state index contributed by atoms with van der Waals surface area (Å²) in [5, 5.41) is 14.2. The lowest BCUT2D eigenvalue weighted by molar-refractivity contribution is -0.115. The van der Waals surface area contributed by atoms with E-state index in [9.17, 15) is 13.6 Å². The number of benzene rings is 1. The van der Waals surface area contributed by atoms with Gasteiger partial charge in [-0.3, -0.25) is 9.89 Å². The maximum Gasteiger partial charge on any atom is 0.175 e. The number of Topliss-reactive ketones (excluding diaryl/α,β-unsaturated/α-hetero) is 1. The minimum Gasteiger partial charge on any atom is -0.453 e. The number of imidazole rings is 1. The van der Waals surface area contributed by atoms with Crippen molar-refractivity contribution >= 4 is 46.8 Å². The number of anilines is 1. The van der Waals surface area contributed by atoms with Crippen LogP contribution in [0.3, 0.4) is 0 Å². The van der Waals surface area contributed by atoms with Crippen molar-refractivity contribution in [2.75, 3.05) is 18.4 Å². The van der Waals surface area contributed by atoms with E-state index in [1.165, 1.54) is 6.07 Å². The number of carbonyl (C=O) groups excluding carboxylic acids is 1. The Bertz CT molecular complexity index is 1390. The molecule has 164 valence electrons. The van der Waals surface area contributed by atoms with Crippen LogP contribution >= 0.6 is 24.2 Å². The zero-order valence-corrected chi connectivity index (χ0v) is 17.8. The van der Waals surface area contributed by atoms with Gasteiger partial charge in [0.05, 0.1) is 18.0 Å². The quantitative estimate of drug-likeness (QED) is 0.356.